The van der Waals surface area contributed by atoms with E-state index in [1.54, 1.807) is 35.2 Å². The van der Waals surface area contributed by atoms with Crippen molar-refractivity contribution < 1.29 is 23.1 Å². The number of piperidine rings is 1. The predicted octanol–water partition coefficient (Wildman–Crippen LogP) is 4.26. The first-order valence-corrected chi connectivity index (χ1v) is 10.2. The number of rotatable bonds is 7. The Morgan fingerprint density at radius 2 is 1.83 bits per heavy atom. The molecule has 0 saturated carbocycles. The number of halogens is 2. The van der Waals surface area contributed by atoms with Crippen molar-refractivity contribution in [1.82, 2.24) is 4.90 Å². The van der Waals surface area contributed by atoms with Crippen molar-refractivity contribution in [3.05, 3.63) is 54.6 Å². The molecule has 154 valence electrons. The van der Waals surface area contributed by atoms with Gasteiger partial charge in [-0.15, -0.1) is 0 Å². The minimum Gasteiger partial charge on any atom is -0.484 e. The average Bonchev–Trinajstić information content (AvgIpc) is 2.72. The van der Waals surface area contributed by atoms with Crippen LogP contribution < -0.4 is 10.1 Å². The van der Waals surface area contributed by atoms with E-state index in [1.165, 1.54) is 6.07 Å². The molecule has 1 heterocycles. The lowest BCUT2D eigenvalue weighted by atomic mass is 9.95. The van der Waals surface area contributed by atoms with Crippen LogP contribution >= 0.6 is 11.8 Å². The highest BCUT2D eigenvalue weighted by molar-refractivity contribution is 7.99. The van der Waals surface area contributed by atoms with Crippen LogP contribution in [0.15, 0.2) is 59.5 Å². The van der Waals surface area contributed by atoms with Crippen LogP contribution in [0.25, 0.3) is 0 Å². The maximum absolute atomic E-state index is 12.5. The standard InChI is InChI=1S/C21H22F2N2O3S/c22-21(23)29-18-8-4-5-16(13-18)24-20(27)15-9-11-25(12-10-15)19(26)14-28-17-6-2-1-3-7-17/h1-8,13,15,21H,9-12,14H2,(H,24,27). The molecule has 3 rings (SSSR count). The lowest BCUT2D eigenvalue weighted by Gasteiger charge is -2.31. The number of para-hydroxylation sites is 1. The van der Waals surface area contributed by atoms with Gasteiger partial charge in [-0.05, 0) is 43.2 Å². The Morgan fingerprint density at radius 1 is 1.10 bits per heavy atom. The molecule has 0 unspecified atom stereocenters. The summed E-state index contributed by atoms with van der Waals surface area (Å²) in [6.07, 6.45) is 1.10. The number of carbonyl (C=O) groups is 2. The number of nitrogens with one attached hydrogen (secondary N) is 1. The van der Waals surface area contributed by atoms with Gasteiger partial charge in [-0.1, -0.05) is 36.0 Å². The van der Waals surface area contributed by atoms with Gasteiger partial charge in [-0.3, -0.25) is 9.59 Å². The number of amides is 2. The average molecular weight is 420 g/mol. The maximum Gasteiger partial charge on any atom is 0.288 e. The van der Waals surface area contributed by atoms with E-state index in [-0.39, 0.29) is 24.3 Å². The van der Waals surface area contributed by atoms with Crippen LogP contribution in [0.1, 0.15) is 12.8 Å². The van der Waals surface area contributed by atoms with Crippen LogP contribution in [0.4, 0.5) is 14.5 Å². The second kappa shape index (κ2) is 10.2. The van der Waals surface area contributed by atoms with Crippen molar-refractivity contribution in [1.29, 1.82) is 0 Å². The van der Waals surface area contributed by atoms with E-state index in [1.807, 2.05) is 18.2 Å². The Bertz CT molecular complexity index is 828. The summed E-state index contributed by atoms with van der Waals surface area (Å²) in [7, 11) is 0. The Morgan fingerprint density at radius 3 is 2.52 bits per heavy atom. The minimum absolute atomic E-state index is 0.0323. The second-order valence-electron chi connectivity index (χ2n) is 6.65. The molecule has 1 saturated heterocycles. The van der Waals surface area contributed by atoms with Crippen molar-refractivity contribution in [2.45, 2.75) is 23.5 Å². The van der Waals surface area contributed by atoms with Crippen LogP contribution in [0.3, 0.4) is 0 Å². The lowest BCUT2D eigenvalue weighted by Crippen LogP contribution is -2.43. The summed E-state index contributed by atoms with van der Waals surface area (Å²) >= 11 is 0.441. The number of ether oxygens (including phenoxy) is 1. The maximum atomic E-state index is 12.5. The van der Waals surface area contributed by atoms with Gasteiger partial charge in [0.1, 0.15) is 5.75 Å². The van der Waals surface area contributed by atoms with Crippen molar-refractivity contribution in [2.24, 2.45) is 5.92 Å². The molecule has 0 aromatic heterocycles. The van der Waals surface area contributed by atoms with Gasteiger partial charge in [0, 0.05) is 29.6 Å². The molecule has 1 aliphatic heterocycles. The van der Waals surface area contributed by atoms with Crippen LogP contribution in [0.5, 0.6) is 5.75 Å². The van der Waals surface area contributed by atoms with Crippen molar-refractivity contribution in [3.63, 3.8) is 0 Å². The number of alkyl halides is 2. The van der Waals surface area contributed by atoms with Gasteiger partial charge in [0.05, 0.1) is 0 Å². The topological polar surface area (TPSA) is 58.6 Å². The number of nitrogens with zero attached hydrogens (tertiary/aromatic N) is 1. The lowest BCUT2D eigenvalue weighted by molar-refractivity contribution is -0.136. The first-order valence-electron chi connectivity index (χ1n) is 9.32. The zero-order valence-corrected chi connectivity index (χ0v) is 16.5. The molecule has 1 aliphatic rings. The molecule has 8 heteroatoms. The Labute approximate surface area is 172 Å². The summed E-state index contributed by atoms with van der Waals surface area (Å²) in [6, 6.07) is 15.6. The number of likely N-dealkylation sites (tertiary alicyclic amines) is 1. The molecule has 2 amide bonds. The fourth-order valence-electron chi connectivity index (χ4n) is 3.14. The summed E-state index contributed by atoms with van der Waals surface area (Å²) in [4.78, 5) is 26.9. The third-order valence-corrected chi connectivity index (χ3v) is 5.35. The molecule has 0 radical (unpaired) electrons. The van der Waals surface area contributed by atoms with E-state index in [0.717, 1.165) is 0 Å². The smallest absolute Gasteiger partial charge is 0.288 e. The quantitative estimate of drug-likeness (QED) is 0.680. The summed E-state index contributed by atoms with van der Waals surface area (Å²) in [5.74, 6) is -2.35. The van der Waals surface area contributed by atoms with E-state index >= 15 is 0 Å². The van der Waals surface area contributed by atoms with Gasteiger partial charge in [0.25, 0.3) is 11.7 Å². The number of hydrogen-bond acceptors (Lipinski definition) is 4. The Kier molecular flexibility index (Phi) is 7.46. The summed E-state index contributed by atoms with van der Waals surface area (Å²) in [6.45, 7) is 0.933. The first kappa shape index (κ1) is 21.1. The van der Waals surface area contributed by atoms with Gasteiger partial charge in [0.2, 0.25) is 5.91 Å². The number of anilines is 1. The zero-order valence-electron chi connectivity index (χ0n) is 15.7. The molecule has 0 spiro atoms. The van der Waals surface area contributed by atoms with Crippen molar-refractivity contribution >= 4 is 29.3 Å². The van der Waals surface area contributed by atoms with Gasteiger partial charge in [-0.25, -0.2) is 0 Å². The highest BCUT2D eigenvalue weighted by atomic mass is 32.2. The minimum atomic E-state index is -2.51. The fourth-order valence-corrected chi connectivity index (χ4v) is 3.70. The number of benzene rings is 2. The van der Waals surface area contributed by atoms with E-state index < -0.39 is 5.76 Å². The highest BCUT2D eigenvalue weighted by Gasteiger charge is 2.27. The normalized spacial score (nSPS) is 14.7. The first-order chi connectivity index (χ1) is 14.0. The molecule has 0 aliphatic carbocycles. The van der Waals surface area contributed by atoms with Crippen molar-refractivity contribution in [3.8, 4) is 5.75 Å². The van der Waals surface area contributed by atoms with Gasteiger partial charge in [-0.2, -0.15) is 8.78 Å². The second-order valence-corrected chi connectivity index (χ2v) is 7.72. The number of carbonyl (C=O) groups excluding carboxylic acids is 2. The fraction of sp³-hybridized carbons (Fsp3) is 0.333. The van der Waals surface area contributed by atoms with Gasteiger partial charge >= 0.3 is 0 Å². The summed E-state index contributed by atoms with van der Waals surface area (Å²) in [5, 5.41) is 2.79. The molecule has 1 fully saturated rings. The Hall–Kier alpha value is -2.61. The zero-order chi connectivity index (χ0) is 20.6. The number of thioether (sulfide) groups is 1. The molecular formula is C21H22F2N2O3S. The molecular weight excluding hydrogens is 398 g/mol. The van der Waals surface area contributed by atoms with Crippen LogP contribution in [-0.4, -0.2) is 42.2 Å². The molecule has 2 aromatic rings. The molecule has 0 atom stereocenters. The molecule has 1 N–H and O–H groups in total. The number of hydrogen-bond donors (Lipinski definition) is 1. The van der Waals surface area contributed by atoms with E-state index in [9.17, 15) is 18.4 Å². The van der Waals surface area contributed by atoms with Crippen molar-refractivity contribution in [2.75, 3.05) is 25.0 Å². The third kappa shape index (κ3) is 6.45. The van der Waals surface area contributed by atoms with Gasteiger partial charge < -0.3 is 15.0 Å². The largest absolute Gasteiger partial charge is 0.484 e. The molecule has 29 heavy (non-hydrogen) atoms. The summed E-state index contributed by atoms with van der Waals surface area (Å²) in [5.41, 5.74) is 0.496. The van der Waals surface area contributed by atoms with Gasteiger partial charge in [0.15, 0.2) is 6.61 Å². The van der Waals surface area contributed by atoms with E-state index in [0.29, 0.717) is 54.0 Å². The van der Waals surface area contributed by atoms with E-state index in [2.05, 4.69) is 5.32 Å². The Balaban J connectivity index is 1.45. The third-order valence-electron chi connectivity index (χ3n) is 4.65. The molecule has 2 aromatic carbocycles. The predicted molar refractivity (Wildman–Crippen MR) is 108 cm³/mol. The SMILES string of the molecule is O=C(Nc1cccc(SC(F)F)c1)C1CCN(C(=O)COc2ccccc2)CC1. The highest BCUT2D eigenvalue weighted by Crippen LogP contribution is 2.28. The van der Waals surface area contributed by atoms with E-state index in [4.69, 9.17) is 4.74 Å². The molecule has 5 nitrogen and oxygen atoms in total. The van der Waals surface area contributed by atoms with Crippen LogP contribution in [0, 0.1) is 5.92 Å². The molecule has 0 bridgehead atoms. The van der Waals surface area contributed by atoms with Crippen LogP contribution in [-0.2, 0) is 9.59 Å². The summed E-state index contributed by atoms with van der Waals surface area (Å²) < 4.78 is 30.5. The monoisotopic (exact) mass is 420 g/mol. The van der Waals surface area contributed by atoms with Crippen LogP contribution in [0.2, 0.25) is 0 Å².